The summed E-state index contributed by atoms with van der Waals surface area (Å²) >= 11 is 0. The molecule has 0 aromatic heterocycles. The van der Waals surface area contributed by atoms with Crippen molar-refractivity contribution in [2.75, 3.05) is 6.54 Å². The molecule has 3 radical (unpaired) electrons. The van der Waals surface area contributed by atoms with Gasteiger partial charge < -0.3 is 17.3 Å². The summed E-state index contributed by atoms with van der Waals surface area (Å²) in [6, 6.07) is 0. The number of aliphatic hydroxyl groups excluding tert-OH is 1. The van der Waals surface area contributed by atoms with Crippen molar-refractivity contribution >= 4 is 7.98 Å². The van der Waals surface area contributed by atoms with Crippen LogP contribution in [0.15, 0.2) is 0 Å². The van der Waals surface area contributed by atoms with Gasteiger partial charge in [0.25, 0.3) is 0 Å². The van der Waals surface area contributed by atoms with Crippen molar-refractivity contribution in [3.63, 3.8) is 0 Å². The normalized spacial score (nSPS) is 38.7. The average Bonchev–Trinajstić information content (AvgIpc) is 2.25. The van der Waals surface area contributed by atoms with Gasteiger partial charge in [-0.25, -0.2) is 0 Å². The van der Waals surface area contributed by atoms with E-state index in [9.17, 15) is 5.11 Å². The van der Waals surface area contributed by atoms with Crippen LogP contribution in [0, 0.1) is 24.7 Å². The third-order valence-electron chi connectivity index (χ3n) is 3.01. The van der Waals surface area contributed by atoms with Crippen LogP contribution in [-0.4, -0.2) is 25.7 Å². The second-order valence-corrected chi connectivity index (χ2v) is 3.85. The Morgan fingerprint density at radius 2 is 2.23 bits per heavy atom. The first-order chi connectivity index (χ1) is 5.66. The molecule has 0 amide bonds. The van der Waals surface area contributed by atoms with Gasteiger partial charge in [-0.1, -0.05) is 12.8 Å². The minimum absolute atomic E-state index is 0. The predicted molar refractivity (Wildman–Crippen MR) is 50.5 cm³/mol. The first kappa shape index (κ1) is 14.1. The number of nitrogens with one attached hydrogen (secondary N) is 1. The molecule has 1 saturated carbocycles. The van der Waals surface area contributed by atoms with Crippen molar-refractivity contribution in [2.24, 2.45) is 17.8 Å². The molecule has 1 fully saturated rings. The second-order valence-electron chi connectivity index (χ2n) is 3.85. The van der Waals surface area contributed by atoms with Gasteiger partial charge in [0.2, 0.25) is 0 Å². The second kappa shape index (κ2) is 6.55. The topological polar surface area (TPSA) is 32.3 Å². The van der Waals surface area contributed by atoms with E-state index in [-0.39, 0.29) is 38.8 Å². The molecule has 4 unspecified atom stereocenters. The Hall–Kier alpha value is 1.09. The fourth-order valence-corrected chi connectivity index (χ4v) is 2.09. The number of hydrogen-bond donors (Lipinski definition) is 2. The SMILES string of the molecule is [B]NCCC1C(O)CC(C)C1[CH2-].[Y]. The smallest absolute Gasteiger partial charge is 0.177 e. The Balaban J connectivity index is 0.00000144. The van der Waals surface area contributed by atoms with Crippen LogP contribution in [0.25, 0.3) is 0 Å². The average molecular weight is 255 g/mol. The van der Waals surface area contributed by atoms with E-state index in [4.69, 9.17) is 7.98 Å². The fourth-order valence-electron chi connectivity index (χ4n) is 2.09. The maximum atomic E-state index is 9.65. The standard InChI is InChI=1S/C9H17BNO.Y/c1-6-5-9(12)8(7(6)2)3-4-11-10;/h6-9,11-12H,2-5H2,1H3;/q-1;. The molecule has 1 aliphatic carbocycles. The monoisotopic (exact) mass is 255 g/mol. The molecule has 4 atom stereocenters. The van der Waals surface area contributed by atoms with Crippen molar-refractivity contribution in [3.8, 4) is 0 Å². The molecule has 0 aromatic rings. The van der Waals surface area contributed by atoms with Gasteiger partial charge in [0.15, 0.2) is 7.98 Å². The van der Waals surface area contributed by atoms with Gasteiger partial charge in [-0.2, -0.15) is 5.92 Å². The number of rotatable bonds is 3. The fraction of sp³-hybridized carbons (Fsp3) is 0.889. The van der Waals surface area contributed by atoms with Crippen LogP contribution in [0.2, 0.25) is 0 Å². The van der Waals surface area contributed by atoms with Crippen LogP contribution in [0.4, 0.5) is 0 Å². The van der Waals surface area contributed by atoms with Crippen LogP contribution in [0.3, 0.4) is 0 Å². The summed E-state index contributed by atoms with van der Waals surface area (Å²) < 4.78 is 0. The molecule has 2 nitrogen and oxygen atoms in total. The molecule has 0 aromatic carbocycles. The summed E-state index contributed by atoms with van der Waals surface area (Å²) in [4.78, 5) is 0. The Bertz CT molecular complexity index is 148. The van der Waals surface area contributed by atoms with E-state index in [0.717, 1.165) is 19.4 Å². The third-order valence-corrected chi connectivity index (χ3v) is 3.01. The van der Waals surface area contributed by atoms with Gasteiger partial charge >= 0.3 is 0 Å². The maximum Gasteiger partial charge on any atom is 0.177 e. The van der Waals surface area contributed by atoms with Crippen molar-refractivity contribution in [1.29, 1.82) is 0 Å². The van der Waals surface area contributed by atoms with Crippen molar-refractivity contribution in [2.45, 2.75) is 25.9 Å². The molecule has 71 valence electrons. The maximum absolute atomic E-state index is 9.65. The molecule has 0 saturated heterocycles. The van der Waals surface area contributed by atoms with Crippen LogP contribution in [-0.2, 0) is 32.7 Å². The summed E-state index contributed by atoms with van der Waals surface area (Å²) in [6.45, 7) is 6.99. The number of aliphatic hydroxyl groups is 1. The van der Waals surface area contributed by atoms with Crippen LogP contribution < -0.4 is 5.23 Å². The van der Waals surface area contributed by atoms with Gasteiger partial charge in [-0.05, 0) is 25.3 Å². The third kappa shape index (κ3) is 3.62. The Morgan fingerprint density at radius 1 is 1.62 bits per heavy atom. The molecular formula is C9H17BNOY-. The summed E-state index contributed by atoms with van der Waals surface area (Å²) in [7, 11) is 5.18. The Kier molecular flexibility index (Phi) is 7.10. The molecule has 0 aliphatic heterocycles. The number of hydrogen-bond acceptors (Lipinski definition) is 2. The summed E-state index contributed by atoms with van der Waals surface area (Å²) in [5, 5.41) is 12.3. The molecule has 1 rings (SSSR count). The zero-order valence-corrected chi connectivity index (χ0v) is 11.1. The predicted octanol–water partition coefficient (Wildman–Crippen LogP) is 0.514. The van der Waals surface area contributed by atoms with E-state index in [1.165, 1.54) is 0 Å². The molecule has 2 N–H and O–H groups in total. The Morgan fingerprint density at radius 3 is 2.62 bits per heavy atom. The summed E-state index contributed by atoms with van der Waals surface area (Å²) in [5.74, 6) is 1.26. The van der Waals surface area contributed by atoms with Crippen molar-refractivity contribution in [1.82, 2.24) is 5.23 Å². The summed E-state index contributed by atoms with van der Waals surface area (Å²) in [6.07, 6.45) is 1.65. The zero-order valence-electron chi connectivity index (χ0n) is 8.24. The van der Waals surface area contributed by atoms with Gasteiger partial charge in [0.1, 0.15) is 0 Å². The quantitative estimate of drug-likeness (QED) is 0.569. The molecule has 0 bridgehead atoms. The largest absolute Gasteiger partial charge is 0.393 e. The van der Waals surface area contributed by atoms with Crippen LogP contribution in [0.1, 0.15) is 19.8 Å². The van der Waals surface area contributed by atoms with Gasteiger partial charge in [-0.15, -0.1) is 0 Å². The van der Waals surface area contributed by atoms with Gasteiger partial charge in [-0.3, -0.25) is 0 Å². The first-order valence-electron chi connectivity index (χ1n) is 4.61. The minimum atomic E-state index is -0.171. The molecule has 4 heteroatoms. The van der Waals surface area contributed by atoms with E-state index < -0.39 is 0 Å². The van der Waals surface area contributed by atoms with Crippen LogP contribution in [0.5, 0.6) is 0 Å². The first-order valence-corrected chi connectivity index (χ1v) is 4.61. The Labute approximate surface area is 108 Å². The molecular weight excluding hydrogens is 238 g/mol. The van der Waals surface area contributed by atoms with Crippen molar-refractivity contribution in [3.05, 3.63) is 6.92 Å². The summed E-state index contributed by atoms with van der Waals surface area (Å²) in [5.41, 5.74) is 0. The van der Waals surface area contributed by atoms with Crippen LogP contribution >= 0.6 is 0 Å². The molecule has 13 heavy (non-hydrogen) atoms. The van der Waals surface area contributed by atoms with E-state index in [1.807, 2.05) is 0 Å². The van der Waals surface area contributed by atoms with E-state index in [1.54, 1.807) is 0 Å². The van der Waals surface area contributed by atoms with Crippen molar-refractivity contribution < 1.29 is 37.8 Å². The molecule has 1 aliphatic rings. The van der Waals surface area contributed by atoms with Gasteiger partial charge in [0, 0.05) is 32.7 Å². The van der Waals surface area contributed by atoms with E-state index in [0.29, 0.717) is 17.8 Å². The molecule has 0 spiro atoms. The molecule has 0 heterocycles. The van der Waals surface area contributed by atoms with E-state index in [2.05, 4.69) is 19.1 Å². The van der Waals surface area contributed by atoms with E-state index >= 15 is 0 Å². The van der Waals surface area contributed by atoms with Gasteiger partial charge in [0.05, 0.1) is 6.10 Å². The minimum Gasteiger partial charge on any atom is -0.393 e. The zero-order chi connectivity index (χ0) is 9.14.